The fraction of sp³-hybridized carbons (Fsp3) is 0.462. The molecule has 5 nitrogen and oxygen atoms in total. The lowest BCUT2D eigenvalue weighted by Gasteiger charge is -2.09. The first kappa shape index (κ1) is 15.8. The third-order valence-corrected chi connectivity index (χ3v) is 4.01. The molecule has 0 saturated heterocycles. The molecule has 0 bridgehead atoms. The van der Waals surface area contributed by atoms with Gasteiger partial charge in [-0.1, -0.05) is 6.07 Å². The smallest absolute Gasteiger partial charge is 0.236 e. The summed E-state index contributed by atoms with van der Waals surface area (Å²) in [7, 11) is -1.49. The Morgan fingerprint density at radius 2 is 2.05 bits per heavy atom. The van der Waals surface area contributed by atoms with Gasteiger partial charge in [0, 0.05) is 16.5 Å². The van der Waals surface area contributed by atoms with Gasteiger partial charge >= 0.3 is 0 Å². The maximum absolute atomic E-state index is 11.6. The lowest BCUT2D eigenvalue weighted by molar-refractivity contribution is -0.113. The Bertz CT molecular complexity index is 476. The van der Waals surface area contributed by atoms with Crippen LogP contribution in [0.1, 0.15) is 11.1 Å². The molecule has 1 aromatic rings. The highest BCUT2D eigenvalue weighted by Gasteiger charge is 2.12. The number of rotatable bonds is 6. The fourth-order valence-electron chi connectivity index (χ4n) is 1.49. The van der Waals surface area contributed by atoms with Gasteiger partial charge in [-0.3, -0.25) is 9.00 Å². The minimum Gasteiger partial charge on any atom is -0.394 e. The van der Waals surface area contributed by atoms with Crippen LogP contribution in [0.5, 0.6) is 0 Å². The van der Waals surface area contributed by atoms with Crippen LogP contribution in [0.4, 0.5) is 5.69 Å². The van der Waals surface area contributed by atoms with E-state index in [0.717, 1.165) is 11.1 Å². The highest BCUT2D eigenvalue weighted by Crippen LogP contribution is 2.14. The number of nitrogens with one attached hydrogen (secondary N) is 1. The molecule has 0 aromatic heterocycles. The van der Waals surface area contributed by atoms with Gasteiger partial charge in [-0.05, 0) is 37.1 Å². The van der Waals surface area contributed by atoms with Gasteiger partial charge in [-0.15, -0.1) is 0 Å². The van der Waals surface area contributed by atoms with Crippen LogP contribution in [0.2, 0.25) is 0 Å². The minimum absolute atomic E-state index is 0.100. The van der Waals surface area contributed by atoms with E-state index in [1.807, 2.05) is 26.0 Å². The Hall–Kier alpha value is -1.24. The van der Waals surface area contributed by atoms with Gasteiger partial charge in [0.15, 0.2) is 0 Å². The molecule has 19 heavy (non-hydrogen) atoms. The number of carbonyl (C=O) groups excluding carboxylic acids is 1. The van der Waals surface area contributed by atoms with E-state index in [1.165, 1.54) is 0 Å². The van der Waals surface area contributed by atoms with Crippen LogP contribution in [-0.2, 0) is 15.6 Å². The first-order valence-electron chi connectivity index (χ1n) is 5.93. The van der Waals surface area contributed by atoms with Gasteiger partial charge in [0.2, 0.25) is 5.91 Å². The molecule has 1 rings (SSSR count). The molecular weight excluding hydrogens is 266 g/mol. The standard InChI is InChI=1S/C13H19NO4S/c1-9-3-4-11(5-10(9)2)14-13(17)8-19(18)7-12(16)6-15/h3-5,12,15-16H,6-8H2,1-2H3,(H,14,17). The van der Waals surface area contributed by atoms with Crippen molar-refractivity contribution in [3.8, 4) is 0 Å². The maximum atomic E-state index is 11.6. The summed E-state index contributed by atoms with van der Waals surface area (Å²) < 4.78 is 11.5. The van der Waals surface area contributed by atoms with Crippen LogP contribution in [0.3, 0.4) is 0 Å². The van der Waals surface area contributed by atoms with Crippen LogP contribution in [0, 0.1) is 13.8 Å². The summed E-state index contributed by atoms with van der Waals surface area (Å²) in [6.07, 6.45) is -1.05. The van der Waals surface area contributed by atoms with Gasteiger partial charge in [0.1, 0.15) is 5.75 Å². The number of aliphatic hydroxyl groups excluding tert-OH is 2. The molecule has 1 aromatic carbocycles. The van der Waals surface area contributed by atoms with Gasteiger partial charge in [0.05, 0.1) is 18.5 Å². The molecule has 2 unspecified atom stereocenters. The van der Waals surface area contributed by atoms with Crippen molar-refractivity contribution in [1.29, 1.82) is 0 Å². The first-order valence-corrected chi connectivity index (χ1v) is 7.42. The highest BCUT2D eigenvalue weighted by molar-refractivity contribution is 7.85. The van der Waals surface area contributed by atoms with Gasteiger partial charge in [0.25, 0.3) is 0 Å². The summed E-state index contributed by atoms with van der Waals surface area (Å²) in [5.74, 6) is -0.660. The molecule has 3 N–H and O–H groups in total. The zero-order valence-corrected chi connectivity index (χ0v) is 11.9. The number of hydrogen-bond donors (Lipinski definition) is 3. The van der Waals surface area contributed by atoms with Crippen LogP contribution in [0.25, 0.3) is 0 Å². The minimum atomic E-state index is -1.49. The number of anilines is 1. The Morgan fingerprint density at radius 1 is 1.37 bits per heavy atom. The van der Waals surface area contributed by atoms with Crippen molar-refractivity contribution in [3.05, 3.63) is 29.3 Å². The molecule has 0 radical (unpaired) electrons. The predicted octanol–water partition coefficient (Wildman–Crippen LogP) is 0.344. The third kappa shape index (κ3) is 5.50. The summed E-state index contributed by atoms with van der Waals surface area (Å²) in [6.45, 7) is 3.47. The zero-order valence-electron chi connectivity index (χ0n) is 11.0. The van der Waals surface area contributed by atoms with Gasteiger partial charge in [-0.25, -0.2) is 0 Å². The molecule has 0 saturated carbocycles. The Labute approximate surface area is 115 Å². The molecule has 0 aliphatic rings. The summed E-state index contributed by atoms with van der Waals surface area (Å²) >= 11 is 0. The highest BCUT2D eigenvalue weighted by atomic mass is 32.2. The Morgan fingerprint density at radius 3 is 2.63 bits per heavy atom. The molecule has 0 spiro atoms. The SMILES string of the molecule is Cc1ccc(NC(=O)CS(=O)CC(O)CO)cc1C. The van der Waals surface area contributed by atoms with E-state index >= 15 is 0 Å². The van der Waals surface area contributed by atoms with Crippen molar-refractivity contribution in [2.24, 2.45) is 0 Å². The largest absolute Gasteiger partial charge is 0.394 e. The summed E-state index contributed by atoms with van der Waals surface area (Å²) in [4.78, 5) is 11.6. The molecule has 0 aliphatic heterocycles. The Balaban J connectivity index is 2.51. The third-order valence-electron chi connectivity index (χ3n) is 2.67. The van der Waals surface area contributed by atoms with E-state index < -0.39 is 23.5 Å². The average Bonchev–Trinajstić information content (AvgIpc) is 2.33. The van der Waals surface area contributed by atoms with Crippen LogP contribution in [0.15, 0.2) is 18.2 Å². The Kier molecular flexibility index (Phi) is 6.14. The number of aliphatic hydroxyl groups is 2. The molecule has 1 amide bonds. The topological polar surface area (TPSA) is 86.6 Å². The molecule has 0 fully saturated rings. The molecule has 0 heterocycles. The van der Waals surface area contributed by atoms with Crippen molar-refractivity contribution < 1.29 is 19.2 Å². The van der Waals surface area contributed by atoms with Crippen molar-refractivity contribution in [2.45, 2.75) is 20.0 Å². The first-order chi connectivity index (χ1) is 8.92. The van der Waals surface area contributed by atoms with Crippen molar-refractivity contribution in [1.82, 2.24) is 0 Å². The molecule has 0 aliphatic carbocycles. The van der Waals surface area contributed by atoms with E-state index in [1.54, 1.807) is 6.07 Å². The van der Waals surface area contributed by atoms with E-state index in [0.29, 0.717) is 5.69 Å². The summed E-state index contributed by atoms with van der Waals surface area (Å²) in [6, 6.07) is 5.53. The second kappa shape index (κ2) is 7.37. The monoisotopic (exact) mass is 285 g/mol. The molecular formula is C13H19NO4S. The van der Waals surface area contributed by atoms with Crippen LogP contribution in [-0.4, -0.2) is 44.5 Å². The predicted molar refractivity (Wildman–Crippen MR) is 75.5 cm³/mol. The second-order valence-corrected chi connectivity index (χ2v) is 5.94. The molecule has 6 heteroatoms. The molecule has 106 valence electrons. The number of carbonyl (C=O) groups is 1. The number of aryl methyl sites for hydroxylation is 2. The average molecular weight is 285 g/mol. The number of benzene rings is 1. The van der Waals surface area contributed by atoms with Crippen molar-refractivity contribution in [3.63, 3.8) is 0 Å². The summed E-state index contributed by atoms with van der Waals surface area (Å²) in [5, 5.41) is 20.4. The lowest BCUT2D eigenvalue weighted by Crippen LogP contribution is -2.27. The van der Waals surface area contributed by atoms with E-state index in [2.05, 4.69) is 5.32 Å². The van der Waals surface area contributed by atoms with Gasteiger partial charge in [-0.2, -0.15) is 0 Å². The molecule has 2 atom stereocenters. The van der Waals surface area contributed by atoms with E-state index in [-0.39, 0.29) is 17.4 Å². The zero-order chi connectivity index (χ0) is 14.4. The van der Waals surface area contributed by atoms with E-state index in [9.17, 15) is 9.00 Å². The van der Waals surface area contributed by atoms with Crippen molar-refractivity contribution in [2.75, 3.05) is 23.4 Å². The number of hydrogen-bond acceptors (Lipinski definition) is 4. The normalized spacial score (nSPS) is 13.9. The quantitative estimate of drug-likeness (QED) is 0.703. The number of amides is 1. The second-order valence-electron chi connectivity index (χ2n) is 4.43. The van der Waals surface area contributed by atoms with Gasteiger partial charge < -0.3 is 15.5 Å². The summed E-state index contributed by atoms with van der Waals surface area (Å²) in [5.41, 5.74) is 2.86. The fourth-order valence-corrected chi connectivity index (χ4v) is 2.51. The van der Waals surface area contributed by atoms with Crippen molar-refractivity contribution >= 4 is 22.4 Å². The van der Waals surface area contributed by atoms with Crippen LogP contribution >= 0.6 is 0 Å². The maximum Gasteiger partial charge on any atom is 0.236 e. The van der Waals surface area contributed by atoms with E-state index in [4.69, 9.17) is 10.2 Å². The lowest BCUT2D eigenvalue weighted by atomic mass is 10.1. The van der Waals surface area contributed by atoms with Crippen LogP contribution < -0.4 is 5.32 Å².